The molecule has 0 atom stereocenters. The van der Waals surface area contributed by atoms with Crippen molar-refractivity contribution in [2.45, 2.75) is 20.3 Å². The molecule has 0 rings (SSSR count). The van der Waals surface area contributed by atoms with Crippen LogP contribution in [0.5, 0.6) is 0 Å². The first kappa shape index (κ1) is 7.41. The Morgan fingerprint density at radius 1 is 1.75 bits per heavy atom. The summed E-state index contributed by atoms with van der Waals surface area (Å²) >= 11 is 0. The Kier molecular flexibility index (Phi) is 3.16. The van der Waals surface area contributed by atoms with Crippen molar-refractivity contribution < 1.29 is 0 Å². The van der Waals surface area contributed by atoms with Crippen LogP contribution in [0.15, 0.2) is 12.2 Å². The largest absolute Gasteiger partial charge is 0.308 e. The molecule has 0 aromatic carbocycles. The Labute approximate surface area is 50.9 Å². The molecule has 1 N–H and O–H groups in total. The number of nitrogens with one attached hydrogen (secondary N) is 1. The molecule has 0 aromatic heterocycles. The lowest BCUT2D eigenvalue weighted by molar-refractivity contribution is 0.656. The van der Waals surface area contributed by atoms with Gasteiger partial charge in [-0.25, -0.2) is 0 Å². The quantitative estimate of drug-likeness (QED) is 0.540. The molecule has 0 aliphatic carbocycles. The molecule has 0 saturated heterocycles. The molecular weight excluding hydrogens is 98.1 g/mol. The van der Waals surface area contributed by atoms with Crippen LogP contribution in [0.2, 0.25) is 0 Å². The van der Waals surface area contributed by atoms with Gasteiger partial charge < -0.3 is 5.41 Å². The first-order valence-corrected chi connectivity index (χ1v) is 2.85. The summed E-state index contributed by atoms with van der Waals surface area (Å²) in [5.41, 5.74) is 0.917. The summed E-state index contributed by atoms with van der Waals surface area (Å²) in [5, 5.41) is 6.78. The van der Waals surface area contributed by atoms with E-state index in [-0.39, 0.29) is 0 Å². The van der Waals surface area contributed by atoms with Crippen LogP contribution in [0.4, 0.5) is 0 Å². The second kappa shape index (κ2) is 3.42. The summed E-state index contributed by atoms with van der Waals surface area (Å²) in [6.07, 6.45) is 2.27. The molecule has 0 bridgehead atoms. The highest BCUT2D eigenvalue weighted by molar-refractivity contribution is 5.74. The van der Waals surface area contributed by atoms with Crippen molar-refractivity contribution in [3.8, 4) is 0 Å². The third kappa shape index (κ3) is 3.59. The van der Waals surface area contributed by atoms with E-state index in [0.29, 0.717) is 5.92 Å². The van der Waals surface area contributed by atoms with Gasteiger partial charge in [-0.1, -0.05) is 20.4 Å². The fourth-order valence-corrected chi connectivity index (χ4v) is 0.583. The predicted octanol–water partition coefficient (Wildman–Crippen LogP) is 2.24. The molecule has 0 heterocycles. The van der Waals surface area contributed by atoms with E-state index in [4.69, 9.17) is 5.41 Å². The number of hydrogen-bond donors (Lipinski definition) is 1. The highest BCUT2D eigenvalue weighted by Gasteiger charge is 1.92. The lowest BCUT2D eigenvalue weighted by Gasteiger charge is -2.00. The van der Waals surface area contributed by atoms with Crippen molar-refractivity contribution in [1.29, 1.82) is 5.41 Å². The van der Waals surface area contributed by atoms with Gasteiger partial charge in [-0.2, -0.15) is 0 Å². The molecule has 0 amide bonds. The predicted molar refractivity (Wildman–Crippen MR) is 37.4 cm³/mol. The minimum Gasteiger partial charge on any atom is -0.308 e. The number of allylic oxidation sites excluding steroid dienone is 1. The average Bonchev–Trinajstić information content (AvgIpc) is 1.65. The van der Waals surface area contributed by atoms with Gasteiger partial charge in [0.25, 0.3) is 0 Å². The Balaban J connectivity index is 3.39. The Bertz CT molecular complexity index is 92.6. The lowest BCUT2D eigenvalue weighted by atomic mass is 10.1. The highest BCUT2D eigenvalue weighted by atomic mass is 14.3. The molecule has 1 nitrogen and oxygen atoms in total. The summed E-state index contributed by atoms with van der Waals surface area (Å²) in [6, 6.07) is 0. The average molecular weight is 111 g/mol. The van der Waals surface area contributed by atoms with E-state index < -0.39 is 0 Å². The van der Waals surface area contributed by atoms with Crippen LogP contribution in [0.25, 0.3) is 0 Å². The Hall–Kier alpha value is -0.590. The molecule has 0 fully saturated rings. The van der Waals surface area contributed by atoms with Crippen molar-refractivity contribution in [2.75, 3.05) is 0 Å². The number of rotatable bonds is 3. The topological polar surface area (TPSA) is 23.9 Å². The third-order valence-electron chi connectivity index (χ3n) is 0.875. The zero-order valence-electron chi connectivity index (χ0n) is 5.57. The van der Waals surface area contributed by atoms with Crippen LogP contribution in [0.3, 0.4) is 0 Å². The Morgan fingerprint density at radius 2 is 2.25 bits per heavy atom. The van der Waals surface area contributed by atoms with Crippen molar-refractivity contribution in [1.82, 2.24) is 0 Å². The summed E-state index contributed by atoms with van der Waals surface area (Å²) < 4.78 is 0. The normalized spacial score (nSPS) is 9.38. The second-order valence-electron chi connectivity index (χ2n) is 2.40. The van der Waals surface area contributed by atoms with Crippen LogP contribution in [0, 0.1) is 11.3 Å². The van der Waals surface area contributed by atoms with Gasteiger partial charge in [-0.15, -0.1) is 0 Å². The maximum absolute atomic E-state index is 6.78. The zero-order chi connectivity index (χ0) is 6.57. The number of hydrogen-bond acceptors (Lipinski definition) is 1. The fourth-order valence-electron chi connectivity index (χ4n) is 0.583. The minimum absolute atomic E-state index is 0.629. The standard InChI is InChI=1S/C7H13N/c1-6(2)4-7(3)5-8/h5-6,8H,3-4H2,1-2H3. The molecule has 46 valence electrons. The molecule has 0 aliphatic heterocycles. The molecule has 1 heteroatoms. The first-order valence-electron chi connectivity index (χ1n) is 2.85. The van der Waals surface area contributed by atoms with Gasteiger partial charge in [0.15, 0.2) is 0 Å². The highest BCUT2D eigenvalue weighted by Crippen LogP contribution is 2.04. The van der Waals surface area contributed by atoms with E-state index >= 15 is 0 Å². The SMILES string of the molecule is C=C(C=N)CC(C)C. The zero-order valence-corrected chi connectivity index (χ0v) is 5.57. The molecule has 0 aliphatic rings. The van der Waals surface area contributed by atoms with Crippen molar-refractivity contribution in [2.24, 2.45) is 5.92 Å². The van der Waals surface area contributed by atoms with Crippen molar-refractivity contribution >= 4 is 6.21 Å². The van der Waals surface area contributed by atoms with E-state index in [0.717, 1.165) is 12.0 Å². The molecule has 0 radical (unpaired) electrons. The molecular formula is C7H13N. The van der Waals surface area contributed by atoms with Gasteiger partial charge in [0.1, 0.15) is 0 Å². The van der Waals surface area contributed by atoms with Gasteiger partial charge in [0.2, 0.25) is 0 Å². The molecule has 0 aromatic rings. The maximum atomic E-state index is 6.78. The van der Waals surface area contributed by atoms with Crippen LogP contribution in [-0.4, -0.2) is 6.21 Å². The summed E-state index contributed by atoms with van der Waals surface area (Å²) in [5.74, 6) is 0.629. The summed E-state index contributed by atoms with van der Waals surface area (Å²) in [4.78, 5) is 0. The van der Waals surface area contributed by atoms with E-state index in [1.165, 1.54) is 6.21 Å². The van der Waals surface area contributed by atoms with E-state index in [2.05, 4.69) is 20.4 Å². The van der Waals surface area contributed by atoms with E-state index in [9.17, 15) is 0 Å². The smallest absolute Gasteiger partial charge is 0.0204 e. The second-order valence-corrected chi connectivity index (χ2v) is 2.40. The van der Waals surface area contributed by atoms with Crippen molar-refractivity contribution in [3.63, 3.8) is 0 Å². The van der Waals surface area contributed by atoms with Gasteiger partial charge >= 0.3 is 0 Å². The fraction of sp³-hybridized carbons (Fsp3) is 0.571. The van der Waals surface area contributed by atoms with Crippen LogP contribution < -0.4 is 0 Å². The van der Waals surface area contributed by atoms with Crippen molar-refractivity contribution in [3.05, 3.63) is 12.2 Å². The van der Waals surface area contributed by atoms with Crippen LogP contribution in [-0.2, 0) is 0 Å². The summed E-state index contributed by atoms with van der Waals surface area (Å²) in [7, 11) is 0. The molecule has 8 heavy (non-hydrogen) atoms. The molecule has 0 unspecified atom stereocenters. The van der Waals surface area contributed by atoms with Gasteiger partial charge in [-0.05, 0) is 17.9 Å². The lowest BCUT2D eigenvalue weighted by Crippen LogP contribution is -1.89. The molecule has 0 saturated carbocycles. The first-order chi connectivity index (χ1) is 3.66. The maximum Gasteiger partial charge on any atom is 0.0204 e. The summed E-state index contributed by atoms with van der Waals surface area (Å²) in [6.45, 7) is 7.91. The van der Waals surface area contributed by atoms with Gasteiger partial charge in [-0.3, -0.25) is 0 Å². The van der Waals surface area contributed by atoms with Crippen LogP contribution in [0.1, 0.15) is 20.3 Å². The van der Waals surface area contributed by atoms with Gasteiger partial charge in [0, 0.05) is 6.21 Å². The third-order valence-corrected chi connectivity index (χ3v) is 0.875. The Morgan fingerprint density at radius 3 is 2.38 bits per heavy atom. The molecule has 0 spiro atoms. The van der Waals surface area contributed by atoms with Gasteiger partial charge in [0.05, 0.1) is 0 Å². The van der Waals surface area contributed by atoms with Crippen LogP contribution >= 0.6 is 0 Å². The monoisotopic (exact) mass is 111 g/mol. The minimum atomic E-state index is 0.629. The van der Waals surface area contributed by atoms with E-state index in [1.807, 2.05) is 0 Å². The van der Waals surface area contributed by atoms with E-state index in [1.54, 1.807) is 0 Å².